The molecule has 0 bridgehead atoms. The van der Waals surface area contributed by atoms with E-state index in [0.29, 0.717) is 10.2 Å². The highest BCUT2D eigenvalue weighted by molar-refractivity contribution is 9.10. The fourth-order valence-corrected chi connectivity index (χ4v) is 3.37. The quantitative estimate of drug-likeness (QED) is 0.759. The van der Waals surface area contributed by atoms with Crippen LogP contribution in [0.15, 0.2) is 39.3 Å². The van der Waals surface area contributed by atoms with Crippen LogP contribution in [0, 0.1) is 12.7 Å². The molecule has 0 aromatic heterocycles. The number of rotatable bonds is 4. The number of hydrogen-bond acceptors (Lipinski definition) is 2. The second-order valence-corrected chi connectivity index (χ2v) is 6.46. The Morgan fingerprint density at radius 2 is 1.81 bits per heavy atom. The lowest BCUT2D eigenvalue weighted by Crippen LogP contribution is -2.19. The second kappa shape index (κ2) is 6.90. The summed E-state index contributed by atoms with van der Waals surface area (Å²) < 4.78 is 20.4. The van der Waals surface area contributed by atoms with Crippen LogP contribution in [0.4, 0.5) is 4.39 Å². The lowest BCUT2D eigenvalue weighted by molar-refractivity contribution is 0.401. The predicted molar refractivity (Wildman–Crippen MR) is 90.4 cm³/mol. The fourth-order valence-electron chi connectivity index (χ4n) is 2.29. The molecule has 21 heavy (non-hydrogen) atoms. The van der Waals surface area contributed by atoms with E-state index in [1.54, 1.807) is 13.2 Å². The molecule has 2 aromatic carbocycles. The molecule has 112 valence electrons. The van der Waals surface area contributed by atoms with Crippen molar-refractivity contribution in [3.63, 3.8) is 0 Å². The van der Waals surface area contributed by atoms with Crippen LogP contribution < -0.4 is 10.1 Å². The van der Waals surface area contributed by atoms with Crippen molar-refractivity contribution in [3.05, 3.63) is 61.8 Å². The van der Waals surface area contributed by atoms with E-state index >= 15 is 0 Å². The Morgan fingerprint density at radius 3 is 2.38 bits per heavy atom. The number of aryl methyl sites for hydroxylation is 1. The molecule has 0 spiro atoms. The lowest BCUT2D eigenvalue weighted by atomic mass is 9.97. The molecular formula is C16H16Br2FNO. The molecule has 2 nitrogen and oxygen atoms in total. The van der Waals surface area contributed by atoms with Gasteiger partial charge in [0.1, 0.15) is 11.6 Å². The van der Waals surface area contributed by atoms with Gasteiger partial charge >= 0.3 is 0 Å². The van der Waals surface area contributed by atoms with E-state index in [9.17, 15) is 4.39 Å². The topological polar surface area (TPSA) is 21.3 Å². The largest absolute Gasteiger partial charge is 0.496 e. The summed E-state index contributed by atoms with van der Waals surface area (Å²) in [5.41, 5.74) is 3.12. The predicted octanol–water partition coefficient (Wildman–Crippen LogP) is 4.98. The van der Waals surface area contributed by atoms with Crippen molar-refractivity contribution in [1.82, 2.24) is 5.32 Å². The zero-order valence-corrected chi connectivity index (χ0v) is 15.2. The smallest absolute Gasteiger partial charge is 0.141 e. The van der Waals surface area contributed by atoms with Gasteiger partial charge in [-0.25, -0.2) is 4.39 Å². The number of ether oxygens (including phenoxy) is 1. The van der Waals surface area contributed by atoms with Crippen LogP contribution in [-0.4, -0.2) is 14.2 Å². The van der Waals surface area contributed by atoms with Gasteiger partial charge in [0, 0.05) is 16.1 Å². The normalized spacial score (nSPS) is 12.3. The summed E-state index contributed by atoms with van der Waals surface area (Å²) in [7, 11) is 3.41. The van der Waals surface area contributed by atoms with Crippen molar-refractivity contribution >= 4 is 31.9 Å². The standard InChI is InChI=1S/C16H16Br2FNO/c1-9-4-5-10(12(17)6-9)16(20-2)11-7-13(18)14(19)8-15(11)21-3/h4-8,16,20H,1-3H3. The van der Waals surface area contributed by atoms with Gasteiger partial charge in [0.2, 0.25) is 0 Å². The Hall–Kier alpha value is -0.910. The average molecular weight is 417 g/mol. The minimum absolute atomic E-state index is 0.105. The molecule has 2 aromatic rings. The average Bonchev–Trinajstić information content (AvgIpc) is 2.45. The zero-order chi connectivity index (χ0) is 15.6. The van der Waals surface area contributed by atoms with Crippen molar-refractivity contribution < 1.29 is 9.13 Å². The first-order chi connectivity index (χ1) is 9.97. The van der Waals surface area contributed by atoms with Gasteiger partial charge in [-0.3, -0.25) is 0 Å². The third-order valence-electron chi connectivity index (χ3n) is 3.34. The van der Waals surface area contributed by atoms with E-state index < -0.39 is 0 Å². The molecule has 0 aliphatic carbocycles. The molecule has 2 rings (SSSR count). The van der Waals surface area contributed by atoms with Crippen LogP contribution in [-0.2, 0) is 0 Å². The molecule has 1 atom stereocenters. The number of methoxy groups -OCH3 is 1. The number of halogens is 3. The fraction of sp³-hybridized carbons (Fsp3) is 0.250. The maximum Gasteiger partial charge on any atom is 0.141 e. The summed E-state index contributed by atoms with van der Waals surface area (Å²) >= 11 is 6.84. The van der Waals surface area contributed by atoms with Gasteiger partial charge in [0.25, 0.3) is 0 Å². The van der Waals surface area contributed by atoms with Gasteiger partial charge < -0.3 is 10.1 Å². The first kappa shape index (κ1) is 16.5. The van der Waals surface area contributed by atoms with Gasteiger partial charge in [-0.05, 0) is 53.2 Å². The summed E-state index contributed by atoms with van der Waals surface area (Å²) in [6, 6.07) is 9.21. The molecule has 0 saturated heterocycles. The molecule has 1 unspecified atom stereocenters. The SMILES string of the molecule is CNC(c1ccc(C)cc1Br)c1cc(Br)c(F)cc1OC. The van der Waals surface area contributed by atoms with E-state index in [1.807, 2.05) is 14.0 Å². The molecule has 5 heteroatoms. The van der Waals surface area contributed by atoms with Gasteiger partial charge in [-0.1, -0.05) is 28.1 Å². The van der Waals surface area contributed by atoms with Crippen molar-refractivity contribution in [2.45, 2.75) is 13.0 Å². The third-order valence-corrected chi connectivity index (χ3v) is 4.63. The van der Waals surface area contributed by atoms with Crippen LogP contribution in [0.3, 0.4) is 0 Å². The van der Waals surface area contributed by atoms with Crippen molar-refractivity contribution in [1.29, 1.82) is 0 Å². The van der Waals surface area contributed by atoms with Crippen molar-refractivity contribution in [3.8, 4) is 5.75 Å². The highest BCUT2D eigenvalue weighted by Crippen LogP contribution is 2.36. The highest BCUT2D eigenvalue weighted by atomic mass is 79.9. The van der Waals surface area contributed by atoms with E-state index in [4.69, 9.17) is 4.74 Å². The molecule has 0 heterocycles. The van der Waals surface area contributed by atoms with Gasteiger partial charge in [-0.15, -0.1) is 0 Å². The van der Waals surface area contributed by atoms with Crippen molar-refractivity contribution in [2.24, 2.45) is 0 Å². The summed E-state index contributed by atoms with van der Waals surface area (Å²) in [5, 5.41) is 3.26. The Labute approximate surface area is 141 Å². The summed E-state index contributed by atoms with van der Waals surface area (Å²) in [5.74, 6) is 0.177. The molecule has 0 radical (unpaired) electrons. The molecule has 0 aliphatic rings. The van der Waals surface area contributed by atoms with Crippen molar-refractivity contribution in [2.75, 3.05) is 14.2 Å². The van der Waals surface area contributed by atoms with Crippen LogP contribution in [0.1, 0.15) is 22.7 Å². The Bertz CT molecular complexity index is 661. The lowest BCUT2D eigenvalue weighted by Gasteiger charge is -2.22. The maximum absolute atomic E-state index is 13.7. The van der Waals surface area contributed by atoms with Gasteiger partial charge in [-0.2, -0.15) is 0 Å². The summed E-state index contributed by atoms with van der Waals surface area (Å²) in [6.45, 7) is 2.04. The summed E-state index contributed by atoms with van der Waals surface area (Å²) in [6.07, 6.45) is 0. The summed E-state index contributed by atoms with van der Waals surface area (Å²) in [4.78, 5) is 0. The second-order valence-electron chi connectivity index (χ2n) is 4.75. The van der Waals surface area contributed by atoms with Crippen LogP contribution >= 0.6 is 31.9 Å². The van der Waals surface area contributed by atoms with E-state index in [2.05, 4.69) is 55.4 Å². The van der Waals surface area contributed by atoms with Gasteiger partial charge in [0.05, 0.1) is 17.6 Å². The number of nitrogens with one attached hydrogen (secondary N) is 1. The van der Waals surface area contributed by atoms with E-state index in [0.717, 1.165) is 15.6 Å². The van der Waals surface area contributed by atoms with Crippen LogP contribution in [0.5, 0.6) is 5.75 Å². The first-order valence-corrected chi connectivity index (χ1v) is 8.02. The molecule has 0 amide bonds. The van der Waals surface area contributed by atoms with Crippen LogP contribution in [0.25, 0.3) is 0 Å². The minimum Gasteiger partial charge on any atom is -0.496 e. The molecule has 0 saturated carbocycles. The molecular weight excluding hydrogens is 401 g/mol. The van der Waals surface area contributed by atoms with Crippen LogP contribution in [0.2, 0.25) is 0 Å². The Balaban J connectivity index is 2.58. The number of benzene rings is 2. The molecule has 1 N–H and O–H groups in total. The first-order valence-electron chi connectivity index (χ1n) is 6.44. The molecule has 0 fully saturated rings. The number of hydrogen-bond donors (Lipinski definition) is 1. The van der Waals surface area contributed by atoms with Gasteiger partial charge in [0.15, 0.2) is 0 Å². The van der Waals surface area contributed by atoms with E-state index in [-0.39, 0.29) is 11.9 Å². The maximum atomic E-state index is 13.7. The Kier molecular flexibility index (Phi) is 5.41. The zero-order valence-electron chi connectivity index (χ0n) is 12.0. The minimum atomic E-state index is -0.339. The highest BCUT2D eigenvalue weighted by Gasteiger charge is 2.20. The molecule has 0 aliphatic heterocycles. The monoisotopic (exact) mass is 415 g/mol. The third kappa shape index (κ3) is 3.47. The Morgan fingerprint density at radius 1 is 1.10 bits per heavy atom. The van der Waals surface area contributed by atoms with E-state index in [1.165, 1.54) is 11.6 Å².